The van der Waals surface area contributed by atoms with Crippen molar-refractivity contribution in [3.63, 3.8) is 0 Å². The Morgan fingerprint density at radius 3 is 2.58 bits per heavy atom. The Hall–Kier alpha value is -1.42. The summed E-state index contributed by atoms with van der Waals surface area (Å²) in [4.78, 5) is 0. The highest BCUT2D eigenvalue weighted by Gasteiger charge is 2.36. The van der Waals surface area contributed by atoms with Gasteiger partial charge in [0, 0.05) is 37.4 Å². The van der Waals surface area contributed by atoms with Crippen LogP contribution >= 0.6 is 0 Å². The van der Waals surface area contributed by atoms with Crippen molar-refractivity contribution < 1.29 is 29.2 Å². The number of nitrogens with two attached hydrogens (primary N) is 4. The lowest BCUT2D eigenvalue weighted by Gasteiger charge is -2.40. The van der Waals surface area contributed by atoms with Crippen LogP contribution in [-0.4, -0.2) is 103 Å². The summed E-state index contributed by atoms with van der Waals surface area (Å²) in [6, 6.07) is -1.51. The predicted molar refractivity (Wildman–Crippen MR) is 137 cm³/mol. The van der Waals surface area contributed by atoms with E-state index in [0.717, 1.165) is 6.42 Å². The molecule has 0 aliphatic carbocycles. The smallest absolute Gasteiger partial charge is 0.173 e. The minimum absolute atomic E-state index is 0.0349. The summed E-state index contributed by atoms with van der Waals surface area (Å²) in [6.45, 7) is 3.46. The van der Waals surface area contributed by atoms with Gasteiger partial charge in [-0.15, -0.1) is 0 Å². The minimum Gasteiger partial charge on any atom is -0.400 e. The molecule has 1 saturated heterocycles. The molecule has 0 amide bonds. The zero-order chi connectivity index (χ0) is 27.3. The van der Waals surface area contributed by atoms with Crippen molar-refractivity contribution in [2.45, 2.75) is 75.8 Å². The van der Waals surface area contributed by atoms with E-state index >= 15 is 0 Å². The van der Waals surface area contributed by atoms with Gasteiger partial charge in [0.15, 0.2) is 6.29 Å². The number of aliphatic hydroxyl groups excluding tert-OH is 3. The van der Waals surface area contributed by atoms with Crippen LogP contribution in [0.3, 0.4) is 0 Å². The van der Waals surface area contributed by atoms with Gasteiger partial charge in [-0.1, -0.05) is 13.0 Å². The summed E-state index contributed by atoms with van der Waals surface area (Å²) in [5.41, 5.74) is 25.0. The molecule has 0 aromatic heterocycles. The van der Waals surface area contributed by atoms with E-state index in [2.05, 4.69) is 10.6 Å². The highest BCUT2D eigenvalue weighted by molar-refractivity contribution is 5.83. The number of hydrogen-bond donors (Lipinski definition) is 10. The molecule has 1 fully saturated rings. The second kappa shape index (κ2) is 17.2. The molecule has 9 atom stereocenters. The van der Waals surface area contributed by atoms with Crippen molar-refractivity contribution in [2.75, 3.05) is 39.5 Å². The fourth-order valence-corrected chi connectivity index (χ4v) is 4.37. The molecule has 1 aliphatic heterocycles. The van der Waals surface area contributed by atoms with Crippen molar-refractivity contribution in [1.82, 2.24) is 10.6 Å². The van der Waals surface area contributed by atoms with E-state index in [-0.39, 0.29) is 49.6 Å². The van der Waals surface area contributed by atoms with E-state index in [4.69, 9.17) is 42.9 Å². The summed E-state index contributed by atoms with van der Waals surface area (Å²) in [7, 11) is 0. The minimum atomic E-state index is -1.59. The number of hydrogen-bond acceptors (Lipinski definition) is 11. The van der Waals surface area contributed by atoms with Crippen LogP contribution < -0.4 is 33.6 Å². The molecule has 0 radical (unpaired) electrons. The Morgan fingerprint density at radius 2 is 2.00 bits per heavy atom. The number of nitrogens with one attached hydrogen (secondary N) is 3. The van der Waals surface area contributed by atoms with E-state index < -0.39 is 37.3 Å². The molecule has 12 nitrogen and oxygen atoms in total. The van der Waals surface area contributed by atoms with Gasteiger partial charge in [-0.05, 0) is 38.0 Å². The maximum Gasteiger partial charge on any atom is 0.173 e. The van der Waals surface area contributed by atoms with E-state index in [9.17, 15) is 14.6 Å². The summed E-state index contributed by atoms with van der Waals surface area (Å²) >= 11 is 0. The average Bonchev–Trinajstić information content (AvgIpc) is 2.86. The molecule has 1 aliphatic rings. The van der Waals surface area contributed by atoms with Gasteiger partial charge in [-0.2, -0.15) is 0 Å². The summed E-state index contributed by atoms with van der Waals surface area (Å²) in [6.07, 6.45) is 0.744. The molecule has 0 aromatic rings. The molecule has 212 valence electrons. The third-order valence-electron chi connectivity index (χ3n) is 6.46. The van der Waals surface area contributed by atoms with Crippen molar-refractivity contribution in [1.29, 1.82) is 5.41 Å². The number of allylic oxidation sites excluding steroid dienone is 1. The topological polar surface area (TPSA) is 231 Å². The highest BCUT2D eigenvalue weighted by Crippen LogP contribution is 2.26. The summed E-state index contributed by atoms with van der Waals surface area (Å²) in [5.74, 6) is -0.865. The summed E-state index contributed by atoms with van der Waals surface area (Å²) < 4.78 is 25.1. The zero-order valence-corrected chi connectivity index (χ0v) is 21.5. The van der Waals surface area contributed by atoms with Crippen LogP contribution in [0.25, 0.3) is 0 Å². The third kappa shape index (κ3) is 10.9. The van der Waals surface area contributed by atoms with Gasteiger partial charge in [-0.3, -0.25) is 5.41 Å². The largest absolute Gasteiger partial charge is 0.400 e. The highest BCUT2D eigenvalue weighted by atomic mass is 19.1. The van der Waals surface area contributed by atoms with Crippen molar-refractivity contribution in [2.24, 2.45) is 34.8 Å². The van der Waals surface area contributed by atoms with Crippen LogP contribution in [0.5, 0.6) is 0 Å². The molecule has 1 rings (SSSR count). The van der Waals surface area contributed by atoms with E-state index in [1.54, 1.807) is 13.0 Å². The second-order valence-electron chi connectivity index (χ2n) is 9.56. The summed E-state index contributed by atoms with van der Waals surface area (Å²) in [5, 5.41) is 41.9. The van der Waals surface area contributed by atoms with Crippen molar-refractivity contribution >= 4 is 5.84 Å². The number of rotatable bonds is 17. The molecule has 14 N–H and O–H groups in total. The van der Waals surface area contributed by atoms with E-state index in [0.29, 0.717) is 31.6 Å². The third-order valence-corrected chi connectivity index (χ3v) is 6.46. The van der Waals surface area contributed by atoms with Gasteiger partial charge in [0.2, 0.25) is 0 Å². The molecule has 36 heavy (non-hydrogen) atoms. The molecule has 0 spiro atoms. The van der Waals surface area contributed by atoms with E-state index in [1.807, 2.05) is 6.92 Å². The van der Waals surface area contributed by atoms with Crippen LogP contribution in [-0.2, 0) is 9.47 Å². The molecular formula is C23H48FN7O5. The lowest BCUT2D eigenvalue weighted by Crippen LogP contribution is -2.58. The molecular weight excluding hydrogens is 473 g/mol. The maximum absolute atomic E-state index is 12.9. The predicted octanol–water partition coefficient (Wildman–Crippen LogP) is -2.17. The number of aliphatic hydroxyl groups is 3. The quantitative estimate of drug-likeness (QED) is 0.0562. The van der Waals surface area contributed by atoms with Gasteiger partial charge in [0.25, 0.3) is 0 Å². The Labute approximate surface area is 213 Å². The normalized spacial score (nSPS) is 26.0. The fourth-order valence-electron chi connectivity index (χ4n) is 4.37. The van der Waals surface area contributed by atoms with E-state index in [1.165, 1.54) is 0 Å². The van der Waals surface area contributed by atoms with Gasteiger partial charge < -0.3 is 58.4 Å². The van der Waals surface area contributed by atoms with Crippen LogP contribution in [0.15, 0.2) is 11.8 Å². The molecule has 1 heterocycles. The monoisotopic (exact) mass is 521 g/mol. The molecule has 0 bridgehead atoms. The standard InChI is InChI=1S/C23H48FN7O5/c1-13(7-15(26)12-33)8-17(19(10-25)31-22(29)20(34)9-24)21(28)14(2)35-23-18(27)4-3-16(36-23)11-30-5-6-32/h7,13-14,16-21,23,30,32-34H,3-6,8-12,25-28H2,1-2H3,(H2,29,31)/b15-7+. The van der Waals surface area contributed by atoms with Gasteiger partial charge >= 0.3 is 0 Å². The molecule has 0 saturated carbocycles. The lowest BCUT2D eigenvalue weighted by atomic mass is 9.81. The number of amidine groups is 1. The van der Waals surface area contributed by atoms with Gasteiger partial charge in [0.1, 0.15) is 18.6 Å². The van der Waals surface area contributed by atoms with Gasteiger partial charge in [0.05, 0.1) is 31.5 Å². The first-order chi connectivity index (χ1) is 17.1. The van der Waals surface area contributed by atoms with Crippen LogP contribution in [0.1, 0.15) is 33.1 Å². The van der Waals surface area contributed by atoms with Crippen molar-refractivity contribution in [3.05, 3.63) is 11.8 Å². The van der Waals surface area contributed by atoms with Crippen molar-refractivity contribution in [3.8, 4) is 0 Å². The first-order valence-corrected chi connectivity index (χ1v) is 12.6. The Morgan fingerprint density at radius 1 is 1.31 bits per heavy atom. The number of ether oxygens (including phenoxy) is 2. The average molecular weight is 522 g/mol. The SMILES string of the molecule is CC(/C=C(/N)CO)CC(C(CN)NC(=N)C(O)CF)C(N)C(C)OC1OC(CNCCO)CCC1N. The maximum atomic E-state index is 12.9. The van der Waals surface area contributed by atoms with Crippen LogP contribution in [0.2, 0.25) is 0 Å². The van der Waals surface area contributed by atoms with Crippen LogP contribution in [0, 0.1) is 17.2 Å². The molecule has 0 aromatic carbocycles. The number of alkyl halides is 1. The number of halogens is 1. The zero-order valence-electron chi connectivity index (χ0n) is 21.5. The first-order valence-electron chi connectivity index (χ1n) is 12.6. The molecule has 9 unspecified atom stereocenters. The second-order valence-corrected chi connectivity index (χ2v) is 9.56. The Bertz CT molecular complexity index is 662. The van der Waals surface area contributed by atoms with Crippen LogP contribution in [0.4, 0.5) is 4.39 Å². The van der Waals surface area contributed by atoms with Gasteiger partial charge in [-0.25, -0.2) is 4.39 Å². The molecule has 13 heteroatoms. The first kappa shape index (κ1) is 32.6. The Kier molecular flexibility index (Phi) is 15.5. The fraction of sp³-hybridized carbons (Fsp3) is 0.870. The lowest BCUT2D eigenvalue weighted by molar-refractivity contribution is -0.223. The Balaban J connectivity index is 3.00.